The normalized spacial score (nSPS) is 12.9. The number of pyridine rings is 1. The number of nitrogens with zero attached hydrogens (tertiary/aromatic N) is 2. The maximum Gasteiger partial charge on any atom is 0.279 e. The number of fused-ring (bicyclic) bond motifs is 2. The fourth-order valence-electron chi connectivity index (χ4n) is 3.25. The SMILES string of the molecule is CCC(C)(NNC)c1c2ccccc2nc2cccc([N+](=O)[O-])c12.Cl.Cl. The van der Waals surface area contributed by atoms with Gasteiger partial charge < -0.3 is 0 Å². The van der Waals surface area contributed by atoms with Crippen molar-refractivity contribution >= 4 is 52.3 Å². The summed E-state index contributed by atoms with van der Waals surface area (Å²) >= 11 is 0. The van der Waals surface area contributed by atoms with E-state index in [2.05, 4.69) is 22.8 Å². The lowest BCUT2D eigenvalue weighted by Crippen LogP contribution is -2.46. The first-order valence-corrected chi connectivity index (χ1v) is 7.92. The molecule has 6 nitrogen and oxygen atoms in total. The number of nitro benzene ring substituents is 1. The van der Waals surface area contributed by atoms with Crippen LogP contribution in [0.1, 0.15) is 25.8 Å². The molecular weight excluding hydrogens is 375 g/mol. The van der Waals surface area contributed by atoms with Crippen molar-refractivity contribution in [2.24, 2.45) is 0 Å². The van der Waals surface area contributed by atoms with Gasteiger partial charge in [-0.3, -0.25) is 15.5 Å². The van der Waals surface area contributed by atoms with Gasteiger partial charge in [0.15, 0.2) is 0 Å². The fraction of sp³-hybridized carbons (Fsp3) is 0.278. The number of rotatable bonds is 5. The summed E-state index contributed by atoms with van der Waals surface area (Å²) in [6, 6.07) is 12.8. The molecule has 3 rings (SSSR count). The Labute approximate surface area is 164 Å². The van der Waals surface area contributed by atoms with Crippen LogP contribution in [0.2, 0.25) is 0 Å². The van der Waals surface area contributed by atoms with Gasteiger partial charge in [-0.2, -0.15) is 0 Å². The molecule has 8 heteroatoms. The van der Waals surface area contributed by atoms with Crippen LogP contribution in [0.25, 0.3) is 21.8 Å². The Morgan fingerprint density at radius 2 is 1.77 bits per heavy atom. The minimum atomic E-state index is -0.484. The zero-order valence-corrected chi connectivity index (χ0v) is 16.4. The van der Waals surface area contributed by atoms with Crippen molar-refractivity contribution < 1.29 is 4.92 Å². The second-order valence-corrected chi connectivity index (χ2v) is 5.99. The van der Waals surface area contributed by atoms with Gasteiger partial charge in [0.05, 0.1) is 26.9 Å². The Bertz CT molecular complexity index is 936. The first-order chi connectivity index (χ1) is 11.5. The lowest BCUT2D eigenvalue weighted by atomic mass is 9.84. The minimum absolute atomic E-state index is 0. The third-order valence-corrected chi connectivity index (χ3v) is 4.54. The van der Waals surface area contributed by atoms with Crippen LogP contribution in [0, 0.1) is 10.1 Å². The Morgan fingerprint density at radius 3 is 2.38 bits per heavy atom. The molecule has 0 spiro atoms. The van der Waals surface area contributed by atoms with E-state index in [1.165, 1.54) is 6.07 Å². The number of hydrazine groups is 1. The number of nitrogens with one attached hydrogen (secondary N) is 2. The number of hydrogen-bond acceptors (Lipinski definition) is 5. The maximum atomic E-state index is 11.6. The summed E-state index contributed by atoms with van der Waals surface area (Å²) in [6.07, 6.45) is 0.753. The molecule has 0 saturated heterocycles. The van der Waals surface area contributed by atoms with Crippen LogP contribution in [0.4, 0.5) is 5.69 Å². The molecule has 2 N–H and O–H groups in total. The lowest BCUT2D eigenvalue weighted by molar-refractivity contribution is -0.383. The van der Waals surface area contributed by atoms with Gasteiger partial charge in [-0.1, -0.05) is 31.2 Å². The zero-order chi connectivity index (χ0) is 17.3. The predicted molar refractivity (Wildman–Crippen MR) is 110 cm³/mol. The monoisotopic (exact) mass is 396 g/mol. The molecular formula is C18H22Cl2N4O2. The summed E-state index contributed by atoms with van der Waals surface area (Å²) in [7, 11) is 1.80. The molecule has 0 bridgehead atoms. The molecule has 0 amide bonds. The number of hydrogen-bond donors (Lipinski definition) is 2. The average molecular weight is 397 g/mol. The molecule has 26 heavy (non-hydrogen) atoms. The van der Waals surface area contributed by atoms with Crippen LogP contribution in [0.3, 0.4) is 0 Å². The van der Waals surface area contributed by atoms with Crippen molar-refractivity contribution in [1.29, 1.82) is 0 Å². The van der Waals surface area contributed by atoms with E-state index >= 15 is 0 Å². The van der Waals surface area contributed by atoms with Crippen molar-refractivity contribution in [3.8, 4) is 0 Å². The molecule has 0 radical (unpaired) electrons. The van der Waals surface area contributed by atoms with Crippen molar-refractivity contribution in [3.05, 3.63) is 58.1 Å². The van der Waals surface area contributed by atoms with E-state index in [0.29, 0.717) is 10.9 Å². The Balaban J connectivity index is 0.00000169. The van der Waals surface area contributed by atoms with Gasteiger partial charge in [0.25, 0.3) is 5.69 Å². The topological polar surface area (TPSA) is 80.1 Å². The van der Waals surface area contributed by atoms with Gasteiger partial charge in [-0.25, -0.2) is 10.4 Å². The highest BCUT2D eigenvalue weighted by Gasteiger charge is 2.31. The molecule has 3 aromatic rings. The summed E-state index contributed by atoms with van der Waals surface area (Å²) in [5.41, 5.74) is 8.23. The molecule has 1 aromatic heterocycles. The highest BCUT2D eigenvalue weighted by molar-refractivity contribution is 6.02. The third kappa shape index (κ3) is 3.59. The number of para-hydroxylation sites is 1. The van der Waals surface area contributed by atoms with E-state index < -0.39 is 5.54 Å². The maximum absolute atomic E-state index is 11.6. The first kappa shape index (κ1) is 22.1. The van der Waals surface area contributed by atoms with Gasteiger partial charge >= 0.3 is 0 Å². The number of non-ortho nitro benzene ring substituents is 1. The summed E-state index contributed by atoms with van der Waals surface area (Å²) in [5.74, 6) is 0. The first-order valence-electron chi connectivity index (χ1n) is 7.92. The summed E-state index contributed by atoms with van der Waals surface area (Å²) in [4.78, 5) is 15.9. The molecule has 1 heterocycles. The molecule has 0 saturated carbocycles. The van der Waals surface area contributed by atoms with Crippen LogP contribution >= 0.6 is 24.8 Å². The van der Waals surface area contributed by atoms with E-state index in [1.54, 1.807) is 13.1 Å². The molecule has 0 aliphatic heterocycles. The van der Waals surface area contributed by atoms with Crippen LogP contribution in [0.5, 0.6) is 0 Å². The van der Waals surface area contributed by atoms with Crippen molar-refractivity contribution in [2.45, 2.75) is 25.8 Å². The van der Waals surface area contributed by atoms with Crippen LogP contribution < -0.4 is 10.9 Å². The van der Waals surface area contributed by atoms with Gasteiger partial charge in [-0.15, -0.1) is 24.8 Å². The third-order valence-electron chi connectivity index (χ3n) is 4.54. The Kier molecular flexibility index (Phi) is 7.29. The Hall–Kier alpha value is -1.99. The predicted octanol–water partition coefficient (Wildman–Crippen LogP) is 4.49. The average Bonchev–Trinajstić information content (AvgIpc) is 2.59. The highest BCUT2D eigenvalue weighted by Crippen LogP contribution is 2.39. The van der Waals surface area contributed by atoms with Crippen LogP contribution in [0.15, 0.2) is 42.5 Å². The fourth-order valence-corrected chi connectivity index (χ4v) is 3.25. The molecule has 1 unspecified atom stereocenters. The minimum Gasteiger partial charge on any atom is -0.260 e. The second-order valence-electron chi connectivity index (χ2n) is 5.99. The number of aromatic nitrogens is 1. The largest absolute Gasteiger partial charge is 0.279 e. The molecule has 140 valence electrons. The van der Waals surface area contributed by atoms with Crippen molar-refractivity contribution in [2.75, 3.05) is 7.05 Å². The smallest absolute Gasteiger partial charge is 0.260 e. The second kappa shape index (κ2) is 8.60. The van der Waals surface area contributed by atoms with E-state index in [9.17, 15) is 10.1 Å². The van der Waals surface area contributed by atoms with E-state index in [-0.39, 0.29) is 35.4 Å². The number of benzene rings is 2. The van der Waals surface area contributed by atoms with E-state index in [0.717, 1.165) is 22.9 Å². The van der Waals surface area contributed by atoms with Crippen molar-refractivity contribution in [3.63, 3.8) is 0 Å². The molecule has 2 aromatic carbocycles. The van der Waals surface area contributed by atoms with E-state index in [1.807, 2.05) is 37.3 Å². The summed E-state index contributed by atoms with van der Waals surface area (Å²) < 4.78 is 0. The Morgan fingerprint density at radius 1 is 1.12 bits per heavy atom. The summed E-state index contributed by atoms with van der Waals surface area (Å²) in [5, 5.41) is 13.1. The van der Waals surface area contributed by atoms with Gasteiger partial charge in [0.1, 0.15) is 0 Å². The lowest BCUT2D eigenvalue weighted by Gasteiger charge is -2.32. The van der Waals surface area contributed by atoms with Gasteiger partial charge in [0, 0.05) is 11.5 Å². The zero-order valence-electron chi connectivity index (χ0n) is 14.8. The van der Waals surface area contributed by atoms with Crippen LogP contribution in [-0.2, 0) is 5.54 Å². The quantitative estimate of drug-likeness (QED) is 0.377. The number of halogens is 2. The highest BCUT2D eigenvalue weighted by atomic mass is 35.5. The standard InChI is InChI=1S/C18H20N4O2.2ClH/c1-4-18(2,21-19-3)17-12-8-5-6-9-13(12)20-14-10-7-11-15(16(14)17)22(23)24;;/h5-11,19,21H,4H2,1-3H3;2*1H. The van der Waals surface area contributed by atoms with E-state index in [4.69, 9.17) is 0 Å². The van der Waals surface area contributed by atoms with Crippen LogP contribution in [-0.4, -0.2) is 17.0 Å². The molecule has 0 aliphatic carbocycles. The molecule has 1 atom stereocenters. The van der Waals surface area contributed by atoms with Gasteiger partial charge in [-0.05, 0) is 38.1 Å². The summed E-state index contributed by atoms with van der Waals surface area (Å²) in [6.45, 7) is 4.10. The molecule has 0 aliphatic rings. The molecule has 0 fully saturated rings. The van der Waals surface area contributed by atoms with Crippen molar-refractivity contribution in [1.82, 2.24) is 15.8 Å². The number of nitro groups is 1. The van der Waals surface area contributed by atoms with Gasteiger partial charge in [0.2, 0.25) is 0 Å².